The molecule has 1 heterocycles. The van der Waals surface area contributed by atoms with Crippen molar-refractivity contribution in [1.82, 2.24) is 5.32 Å². The number of nitrogens with one attached hydrogen (secondary N) is 1. The predicted molar refractivity (Wildman–Crippen MR) is 150 cm³/mol. The number of carbonyl (C=O) groups excluding carboxylic acids is 3. The van der Waals surface area contributed by atoms with Gasteiger partial charge >= 0.3 is 6.03 Å². The minimum absolute atomic E-state index is 0.0649. The Balaban J connectivity index is 1.25. The zero-order valence-electron chi connectivity index (χ0n) is 21.8. The third-order valence-corrected chi connectivity index (χ3v) is 9.67. The predicted octanol–water partition coefficient (Wildman–Crippen LogP) is 6.76. The van der Waals surface area contributed by atoms with Crippen molar-refractivity contribution >= 4 is 45.5 Å². The number of hydrogen-bond acceptors (Lipinski definition) is 4. The summed E-state index contributed by atoms with van der Waals surface area (Å²) in [7, 11) is 0. The molecule has 0 spiro atoms. The van der Waals surface area contributed by atoms with Crippen molar-refractivity contribution in [2.75, 3.05) is 4.90 Å². The van der Waals surface area contributed by atoms with E-state index in [0.717, 1.165) is 33.5 Å². The van der Waals surface area contributed by atoms with Gasteiger partial charge in [0.1, 0.15) is 11.3 Å². The zero-order chi connectivity index (χ0) is 26.6. The van der Waals surface area contributed by atoms with E-state index in [9.17, 15) is 14.4 Å². The Morgan fingerprint density at radius 1 is 1.03 bits per heavy atom. The van der Waals surface area contributed by atoms with Crippen molar-refractivity contribution in [3.63, 3.8) is 0 Å². The Kier molecular flexibility index (Phi) is 6.45. The fraction of sp³-hybridized carbons (Fsp3) is 0.452. The number of benzene rings is 2. The van der Waals surface area contributed by atoms with Gasteiger partial charge in [-0.25, -0.2) is 9.69 Å². The first-order valence-corrected chi connectivity index (χ1v) is 14.5. The van der Waals surface area contributed by atoms with Crippen LogP contribution in [0.5, 0.6) is 5.75 Å². The van der Waals surface area contributed by atoms with Gasteiger partial charge in [0.05, 0.1) is 16.3 Å². The minimum atomic E-state index is -0.724. The number of amides is 4. The molecule has 38 heavy (non-hydrogen) atoms. The van der Waals surface area contributed by atoms with Gasteiger partial charge in [0.25, 0.3) is 11.8 Å². The Hall–Kier alpha value is -2.93. The number of barbiturate groups is 1. The minimum Gasteiger partial charge on any atom is -0.490 e. The van der Waals surface area contributed by atoms with E-state index in [0.29, 0.717) is 17.0 Å². The lowest BCUT2D eigenvalue weighted by molar-refractivity contribution is -0.122. The molecule has 7 heteroatoms. The fourth-order valence-electron chi connectivity index (χ4n) is 7.49. The maximum Gasteiger partial charge on any atom is 0.335 e. The van der Waals surface area contributed by atoms with E-state index < -0.39 is 17.8 Å². The molecule has 198 valence electrons. The molecule has 2 aromatic rings. The molecule has 4 amide bonds. The van der Waals surface area contributed by atoms with Gasteiger partial charge in [-0.1, -0.05) is 25.1 Å². The van der Waals surface area contributed by atoms with Crippen LogP contribution in [0.2, 0.25) is 0 Å². The fourth-order valence-corrected chi connectivity index (χ4v) is 7.98. The Labute approximate surface area is 231 Å². The first-order valence-electron chi connectivity index (χ1n) is 13.7. The van der Waals surface area contributed by atoms with Gasteiger partial charge in [0.15, 0.2) is 0 Å². The average molecular weight is 578 g/mol. The lowest BCUT2D eigenvalue weighted by atomic mass is 9.48. The molecule has 7 rings (SSSR count). The zero-order valence-corrected chi connectivity index (χ0v) is 23.4. The van der Waals surface area contributed by atoms with E-state index in [2.05, 4.69) is 33.4 Å². The molecule has 4 bridgehead atoms. The van der Waals surface area contributed by atoms with E-state index in [-0.39, 0.29) is 17.1 Å². The van der Waals surface area contributed by atoms with Crippen LogP contribution in [0.4, 0.5) is 10.5 Å². The number of carbonyl (C=O) groups is 3. The smallest absolute Gasteiger partial charge is 0.335 e. The number of urea groups is 1. The topological polar surface area (TPSA) is 75.7 Å². The van der Waals surface area contributed by atoms with Crippen molar-refractivity contribution in [2.24, 2.45) is 17.8 Å². The molecule has 1 saturated heterocycles. The van der Waals surface area contributed by atoms with Gasteiger partial charge in [-0.05, 0) is 132 Å². The summed E-state index contributed by atoms with van der Waals surface area (Å²) in [6, 6.07) is 12.6. The number of rotatable bonds is 6. The van der Waals surface area contributed by atoms with Crippen molar-refractivity contribution in [1.29, 1.82) is 0 Å². The largest absolute Gasteiger partial charge is 0.490 e. The van der Waals surface area contributed by atoms with Gasteiger partial charge in [-0.2, -0.15) is 0 Å². The van der Waals surface area contributed by atoms with Crippen LogP contribution in [0, 0.1) is 17.8 Å². The Morgan fingerprint density at radius 3 is 2.24 bits per heavy atom. The molecule has 4 saturated carbocycles. The van der Waals surface area contributed by atoms with Crippen LogP contribution >= 0.6 is 15.9 Å². The van der Waals surface area contributed by atoms with Gasteiger partial charge in [-0.15, -0.1) is 0 Å². The molecular formula is C31H33BrN2O4. The second-order valence-electron chi connectivity index (χ2n) is 11.7. The molecule has 5 aliphatic rings. The molecule has 6 nitrogen and oxygen atoms in total. The molecule has 1 N–H and O–H groups in total. The van der Waals surface area contributed by atoms with Gasteiger partial charge in [-0.3, -0.25) is 14.9 Å². The molecule has 0 aromatic heterocycles. The lowest BCUT2D eigenvalue weighted by Crippen LogP contribution is -2.54. The highest BCUT2D eigenvalue weighted by Crippen LogP contribution is 2.60. The monoisotopic (exact) mass is 576 g/mol. The van der Waals surface area contributed by atoms with E-state index in [4.69, 9.17) is 4.74 Å². The molecular weight excluding hydrogens is 544 g/mol. The van der Waals surface area contributed by atoms with E-state index in [1.807, 2.05) is 26.0 Å². The van der Waals surface area contributed by atoms with E-state index in [1.165, 1.54) is 50.2 Å². The molecule has 1 atom stereocenters. The Morgan fingerprint density at radius 2 is 1.66 bits per heavy atom. The quantitative estimate of drug-likeness (QED) is 0.304. The van der Waals surface area contributed by atoms with Crippen LogP contribution in [0.1, 0.15) is 69.9 Å². The Bertz CT molecular complexity index is 1300. The van der Waals surface area contributed by atoms with Crippen molar-refractivity contribution in [3.8, 4) is 5.75 Å². The van der Waals surface area contributed by atoms with Crippen LogP contribution in [-0.2, 0) is 15.0 Å². The molecule has 2 aromatic carbocycles. The van der Waals surface area contributed by atoms with Gasteiger partial charge in [0.2, 0.25) is 0 Å². The third-order valence-electron chi connectivity index (χ3n) is 9.05. The number of ether oxygens (including phenoxy) is 1. The summed E-state index contributed by atoms with van der Waals surface area (Å²) >= 11 is 3.52. The summed E-state index contributed by atoms with van der Waals surface area (Å²) in [6.07, 6.45) is 10.3. The maximum atomic E-state index is 13.4. The van der Waals surface area contributed by atoms with E-state index in [1.54, 1.807) is 18.2 Å². The summed E-state index contributed by atoms with van der Waals surface area (Å²) in [5.74, 6) is 1.88. The summed E-state index contributed by atoms with van der Waals surface area (Å²) in [5.41, 5.74) is 2.59. The second-order valence-corrected chi connectivity index (χ2v) is 12.6. The van der Waals surface area contributed by atoms with Crippen LogP contribution in [-0.4, -0.2) is 23.9 Å². The molecule has 0 radical (unpaired) electrons. The first kappa shape index (κ1) is 25.4. The highest BCUT2D eigenvalue weighted by atomic mass is 79.9. The normalized spacial score (nSPS) is 30.1. The molecule has 1 aliphatic heterocycles. The third kappa shape index (κ3) is 4.49. The van der Waals surface area contributed by atoms with Crippen LogP contribution in [0.3, 0.4) is 0 Å². The highest BCUT2D eigenvalue weighted by molar-refractivity contribution is 9.10. The second kappa shape index (κ2) is 9.67. The van der Waals surface area contributed by atoms with Crippen LogP contribution in [0.15, 0.2) is 52.5 Å². The van der Waals surface area contributed by atoms with Crippen LogP contribution in [0.25, 0.3) is 6.08 Å². The average Bonchev–Trinajstić information content (AvgIpc) is 2.87. The number of halogens is 1. The van der Waals surface area contributed by atoms with Gasteiger partial charge in [0, 0.05) is 0 Å². The summed E-state index contributed by atoms with van der Waals surface area (Å²) in [5, 5.41) is 2.33. The van der Waals surface area contributed by atoms with Crippen molar-refractivity contribution < 1.29 is 19.1 Å². The summed E-state index contributed by atoms with van der Waals surface area (Å²) < 4.78 is 6.62. The van der Waals surface area contributed by atoms with Gasteiger partial charge < -0.3 is 4.74 Å². The molecule has 4 aliphatic carbocycles. The number of imide groups is 2. The number of nitrogens with zero attached hydrogens (tertiary/aromatic N) is 1. The maximum absolute atomic E-state index is 13.4. The van der Waals surface area contributed by atoms with Crippen molar-refractivity contribution in [3.05, 3.63) is 63.6 Å². The number of anilines is 1. The SMILES string of the molecule is CC[C@@H](C)Oc1ccc(/C=C2\C(=O)NC(=O)N(c3ccc(C45CC6CC(CC(C6)C4)C5)cc3)C2=O)cc1Br. The van der Waals surface area contributed by atoms with E-state index >= 15 is 0 Å². The standard InChI is InChI=1S/C31H33BrN2O4/c1-3-18(2)38-27-9-4-19(14-26(27)32)13-25-28(35)33-30(37)34(29(25)36)24-7-5-23(6-8-24)31-15-20-10-21(16-31)12-22(11-20)17-31/h4-9,13-14,18,20-22H,3,10-12,15-17H2,1-2H3,(H,33,35,37)/b25-13+/t18-,20?,21?,22?,31?/m1/s1. The highest BCUT2D eigenvalue weighted by Gasteiger charge is 2.51. The molecule has 5 fully saturated rings. The number of hydrogen-bond donors (Lipinski definition) is 1. The summed E-state index contributed by atoms with van der Waals surface area (Å²) in [6.45, 7) is 4.04. The molecule has 0 unspecified atom stereocenters. The van der Waals surface area contributed by atoms with Crippen LogP contribution < -0.4 is 15.0 Å². The van der Waals surface area contributed by atoms with Crippen molar-refractivity contribution in [2.45, 2.75) is 70.3 Å². The summed E-state index contributed by atoms with van der Waals surface area (Å²) in [4.78, 5) is 39.9. The lowest BCUT2D eigenvalue weighted by Gasteiger charge is -2.57. The first-order chi connectivity index (χ1) is 18.2.